The van der Waals surface area contributed by atoms with E-state index in [9.17, 15) is 4.79 Å². The second-order valence-corrected chi connectivity index (χ2v) is 8.33. The third-order valence-electron chi connectivity index (χ3n) is 4.82. The van der Waals surface area contributed by atoms with Crippen molar-refractivity contribution >= 4 is 28.0 Å². The Morgan fingerprint density at radius 3 is 2.14 bits per heavy atom. The molecule has 1 aliphatic heterocycles. The van der Waals surface area contributed by atoms with E-state index in [1.165, 1.54) is 6.08 Å². The maximum atomic E-state index is 12.7. The molecule has 0 aliphatic carbocycles. The average molecular weight is 549 g/mol. The first-order chi connectivity index (χ1) is 17.0. The normalized spacial score (nSPS) is 24.0. The fourth-order valence-corrected chi connectivity index (χ4v) is 4.00. The van der Waals surface area contributed by atoms with Crippen molar-refractivity contribution in [3.8, 4) is 5.75 Å². The SMILES string of the molecule is C=CCOC[C@H]1O[C@H](Br)[C@H](OC(=O)/C=C/c2ccc(OCC=C)cc2)[C@@H](OCC=C)[C@@H]1OCC=C. The molecule has 0 bridgehead atoms. The first kappa shape index (κ1) is 28.7. The summed E-state index contributed by atoms with van der Waals surface area (Å²) in [7, 11) is 0. The minimum atomic E-state index is -0.785. The zero-order valence-electron chi connectivity index (χ0n) is 19.8. The Hall–Kier alpha value is -2.49. The van der Waals surface area contributed by atoms with E-state index in [1.54, 1.807) is 30.4 Å². The van der Waals surface area contributed by atoms with Crippen molar-refractivity contribution < 1.29 is 33.2 Å². The van der Waals surface area contributed by atoms with E-state index in [4.69, 9.17) is 28.4 Å². The number of carbonyl (C=O) groups excluding carboxylic acids is 1. The number of hydrogen-bond donors (Lipinski definition) is 0. The van der Waals surface area contributed by atoms with E-state index >= 15 is 0 Å². The maximum absolute atomic E-state index is 12.7. The quantitative estimate of drug-likeness (QED) is 0.0978. The molecule has 0 unspecified atom stereocenters. The van der Waals surface area contributed by atoms with Gasteiger partial charge in [0.1, 0.15) is 30.7 Å². The molecule has 190 valence electrons. The Bertz CT molecular complexity index is 852. The summed E-state index contributed by atoms with van der Waals surface area (Å²) in [6.45, 7) is 16.2. The van der Waals surface area contributed by atoms with Crippen molar-refractivity contribution in [3.63, 3.8) is 0 Å². The number of esters is 1. The second-order valence-electron chi connectivity index (χ2n) is 7.43. The van der Waals surface area contributed by atoms with Gasteiger partial charge >= 0.3 is 5.97 Å². The Morgan fingerprint density at radius 2 is 1.51 bits per heavy atom. The Labute approximate surface area is 215 Å². The van der Waals surface area contributed by atoms with E-state index < -0.39 is 35.4 Å². The Kier molecular flexibility index (Phi) is 13.3. The summed E-state index contributed by atoms with van der Waals surface area (Å²) in [5, 5.41) is -0.642. The van der Waals surface area contributed by atoms with Gasteiger partial charge in [0.2, 0.25) is 0 Å². The highest BCUT2D eigenvalue weighted by Gasteiger charge is 2.48. The minimum Gasteiger partial charge on any atom is -0.490 e. The summed E-state index contributed by atoms with van der Waals surface area (Å²) in [6.07, 6.45) is 7.11. The topological polar surface area (TPSA) is 72.5 Å². The van der Waals surface area contributed by atoms with Crippen LogP contribution >= 0.6 is 15.9 Å². The van der Waals surface area contributed by atoms with Gasteiger partial charge in [-0.2, -0.15) is 0 Å². The van der Waals surface area contributed by atoms with Gasteiger partial charge in [-0.1, -0.05) is 58.9 Å². The van der Waals surface area contributed by atoms with Crippen molar-refractivity contribution in [1.82, 2.24) is 0 Å². The molecule has 1 saturated heterocycles. The number of carbonyl (C=O) groups is 1. The van der Waals surface area contributed by atoms with Gasteiger partial charge in [-0.05, 0) is 23.8 Å². The molecule has 0 aromatic heterocycles. The van der Waals surface area contributed by atoms with Gasteiger partial charge in [0.05, 0.1) is 26.4 Å². The molecule has 0 radical (unpaired) electrons. The average Bonchev–Trinajstić information content (AvgIpc) is 2.86. The summed E-state index contributed by atoms with van der Waals surface area (Å²) < 4.78 is 34.8. The van der Waals surface area contributed by atoms with Crippen molar-refractivity contribution in [2.75, 3.05) is 33.0 Å². The van der Waals surface area contributed by atoms with Crippen molar-refractivity contribution in [1.29, 1.82) is 0 Å². The number of halogens is 1. The molecule has 2 rings (SSSR count). The molecule has 0 spiro atoms. The molecule has 1 aromatic rings. The van der Waals surface area contributed by atoms with Gasteiger partial charge in [0.15, 0.2) is 11.1 Å². The van der Waals surface area contributed by atoms with Gasteiger partial charge in [-0.25, -0.2) is 4.79 Å². The van der Waals surface area contributed by atoms with Gasteiger partial charge in [-0.15, -0.1) is 19.7 Å². The molecular weight excluding hydrogens is 516 g/mol. The summed E-state index contributed by atoms with van der Waals surface area (Å²) in [6, 6.07) is 7.30. The lowest BCUT2D eigenvalue weighted by Gasteiger charge is -2.43. The maximum Gasteiger partial charge on any atom is 0.331 e. The van der Waals surface area contributed by atoms with Crippen LogP contribution in [0.25, 0.3) is 6.08 Å². The molecule has 0 saturated carbocycles. The Morgan fingerprint density at radius 1 is 0.886 bits per heavy atom. The smallest absolute Gasteiger partial charge is 0.331 e. The Balaban J connectivity index is 2.12. The summed E-state index contributed by atoms with van der Waals surface area (Å²) >= 11 is 3.48. The molecule has 1 heterocycles. The molecule has 8 heteroatoms. The van der Waals surface area contributed by atoms with Crippen LogP contribution in [0.2, 0.25) is 0 Å². The van der Waals surface area contributed by atoms with Crippen LogP contribution in [0.5, 0.6) is 5.75 Å². The van der Waals surface area contributed by atoms with E-state index in [0.717, 1.165) is 5.56 Å². The van der Waals surface area contributed by atoms with Crippen LogP contribution in [-0.4, -0.2) is 68.4 Å². The highest BCUT2D eigenvalue weighted by atomic mass is 79.9. The van der Waals surface area contributed by atoms with Crippen LogP contribution < -0.4 is 4.74 Å². The number of rotatable bonds is 16. The monoisotopic (exact) mass is 548 g/mol. The van der Waals surface area contributed by atoms with Crippen LogP contribution in [0.4, 0.5) is 0 Å². The van der Waals surface area contributed by atoms with Crippen LogP contribution in [0.1, 0.15) is 5.56 Å². The lowest BCUT2D eigenvalue weighted by molar-refractivity contribution is -0.236. The molecular formula is C27H33BrO7. The minimum absolute atomic E-state index is 0.239. The van der Waals surface area contributed by atoms with Crippen LogP contribution in [-0.2, 0) is 28.5 Å². The number of benzene rings is 1. The molecule has 1 aromatic carbocycles. The van der Waals surface area contributed by atoms with E-state index in [2.05, 4.69) is 42.2 Å². The highest BCUT2D eigenvalue weighted by Crippen LogP contribution is 2.31. The van der Waals surface area contributed by atoms with E-state index in [-0.39, 0.29) is 19.8 Å². The predicted molar refractivity (Wildman–Crippen MR) is 140 cm³/mol. The lowest BCUT2D eigenvalue weighted by Crippen LogP contribution is -2.60. The number of ether oxygens (including phenoxy) is 6. The molecule has 7 nitrogen and oxygen atoms in total. The molecule has 0 amide bonds. The second kappa shape index (κ2) is 16.2. The number of alkyl halides is 1. The largest absolute Gasteiger partial charge is 0.490 e. The van der Waals surface area contributed by atoms with Crippen molar-refractivity contribution in [2.24, 2.45) is 0 Å². The van der Waals surface area contributed by atoms with Gasteiger partial charge in [-0.3, -0.25) is 0 Å². The van der Waals surface area contributed by atoms with Crippen molar-refractivity contribution in [2.45, 2.75) is 29.4 Å². The highest BCUT2D eigenvalue weighted by molar-refractivity contribution is 9.09. The zero-order valence-corrected chi connectivity index (χ0v) is 21.3. The van der Waals surface area contributed by atoms with Crippen LogP contribution in [0.3, 0.4) is 0 Å². The molecule has 0 N–H and O–H groups in total. The summed E-state index contributed by atoms with van der Waals surface area (Å²) in [5.41, 5.74) is 0.814. The van der Waals surface area contributed by atoms with Gasteiger partial charge in [0, 0.05) is 6.08 Å². The lowest BCUT2D eigenvalue weighted by atomic mass is 9.99. The van der Waals surface area contributed by atoms with Gasteiger partial charge in [0.25, 0.3) is 0 Å². The first-order valence-corrected chi connectivity index (χ1v) is 12.1. The van der Waals surface area contributed by atoms with E-state index in [0.29, 0.717) is 19.0 Å². The summed E-state index contributed by atoms with van der Waals surface area (Å²) in [4.78, 5) is 12.7. The van der Waals surface area contributed by atoms with Crippen LogP contribution in [0, 0.1) is 0 Å². The fourth-order valence-electron chi connectivity index (χ4n) is 3.31. The van der Waals surface area contributed by atoms with Crippen molar-refractivity contribution in [3.05, 3.63) is 86.5 Å². The molecule has 35 heavy (non-hydrogen) atoms. The third-order valence-corrected chi connectivity index (χ3v) is 5.56. The standard InChI is InChI=1S/C27H33BrO7/c1-5-15-30-19-22-24(32-17-7-3)25(33-18-8-4)26(27(28)34-22)35-23(29)14-11-20-9-12-21(13-10-20)31-16-6-2/h5-14,22,24-27H,1-4,15-19H2/b14-11+/t22-,24-,25+,26-,27+/m1/s1. The first-order valence-electron chi connectivity index (χ1n) is 11.2. The third kappa shape index (κ3) is 9.58. The molecule has 1 fully saturated rings. The number of hydrogen-bond acceptors (Lipinski definition) is 7. The fraction of sp³-hybridized carbons (Fsp3) is 0.370. The predicted octanol–water partition coefficient (Wildman–Crippen LogP) is 4.64. The molecule has 5 atom stereocenters. The molecule has 1 aliphatic rings. The van der Waals surface area contributed by atoms with E-state index in [1.807, 2.05) is 24.3 Å². The van der Waals surface area contributed by atoms with Gasteiger partial charge < -0.3 is 28.4 Å². The summed E-state index contributed by atoms with van der Waals surface area (Å²) in [5.74, 6) is 0.163. The zero-order chi connectivity index (χ0) is 25.5. The van der Waals surface area contributed by atoms with Crippen LogP contribution in [0.15, 0.2) is 81.0 Å².